The molecule has 1 aliphatic rings. The van der Waals surface area contributed by atoms with Crippen LogP contribution in [0.15, 0.2) is 24.3 Å². The molecule has 23 heavy (non-hydrogen) atoms. The minimum absolute atomic E-state index is 0.0953. The normalized spacial score (nSPS) is 17.3. The van der Waals surface area contributed by atoms with Crippen LogP contribution in [0.4, 0.5) is 5.69 Å². The third-order valence-corrected chi connectivity index (χ3v) is 4.08. The maximum Gasteiger partial charge on any atom is 0.303 e. The Morgan fingerprint density at radius 3 is 2.74 bits per heavy atom. The van der Waals surface area contributed by atoms with Gasteiger partial charge in [-0.05, 0) is 25.0 Å². The van der Waals surface area contributed by atoms with Crippen molar-refractivity contribution in [3.8, 4) is 0 Å². The molecule has 1 aliphatic heterocycles. The van der Waals surface area contributed by atoms with Gasteiger partial charge in [0, 0.05) is 25.9 Å². The predicted molar refractivity (Wildman–Crippen MR) is 86.4 cm³/mol. The van der Waals surface area contributed by atoms with Crippen molar-refractivity contribution >= 4 is 35.1 Å². The maximum absolute atomic E-state index is 12.1. The fourth-order valence-electron chi connectivity index (χ4n) is 2.54. The number of benzene rings is 1. The highest BCUT2D eigenvalue weighted by atomic mass is 35.5. The molecule has 0 radical (unpaired) electrons. The number of hydrogen-bond donors (Lipinski definition) is 2. The predicted octanol–water partition coefficient (Wildman–Crippen LogP) is 2.06. The van der Waals surface area contributed by atoms with Crippen molar-refractivity contribution in [3.63, 3.8) is 0 Å². The zero-order valence-electron chi connectivity index (χ0n) is 12.6. The van der Waals surface area contributed by atoms with Crippen LogP contribution in [-0.4, -0.2) is 36.0 Å². The molecule has 1 heterocycles. The number of hydrogen-bond acceptors (Lipinski definition) is 3. The van der Waals surface area contributed by atoms with Crippen molar-refractivity contribution < 1.29 is 19.5 Å². The van der Waals surface area contributed by atoms with Crippen molar-refractivity contribution in [2.45, 2.75) is 25.7 Å². The van der Waals surface area contributed by atoms with Gasteiger partial charge in [0.05, 0.1) is 16.6 Å². The monoisotopic (exact) mass is 338 g/mol. The summed E-state index contributed by atoms with van der Waals surface area (Å²) in [5, 5.41) is 11.8. The quantitative estimate of drug-likeness (QED) is 0.745. The first-order chi connectivity index (χ1) is 11.0. The highest BCUT2D eigenvalue weighted by Gasteiger charge is 2.35. The molecule has 0 saturated carbocycles. The Bertz CT molecular complexity index is 605. The standard InChI is InChI=1S/C16H19ClN2O4/c17-12-5-1-2-6-13(12)19-10-11(9-14(19)20)16(23)18-8-4-3-7-15(21)22/h1-2,5-6,11H,3-4,7-10H2,(H,18,23)(H,21,22)/t11-/m1/s1. The lowest BCUT2D eigenvalue weighted by molar-refractivity contribution is -0.137. The molecule has 2 rings (SSSR count). The van der Waals surface area contributed by atoms with E-state index >= 15 is 0 Å². The van der Waals surface area contributed by atoms with Gasteiger partial charge in [-0.1, -0.05) is 23.7 Å². The van der Waals surface area contributed by atoms with Crippen LogP contribution in [0.5, 0.6) is 0 Å². The number of unbranched alkanes of at least 4 members (excludes halogenated alkanes) is 1. The van der Waals surface area contributed by atoms with Gasteiger partial charge < -0.3 is 15.3 Å². The number of carbonyl (C=O) groups is 3. The van der Waals surface area contributed by atoms with Crippen LogP contribution in [0.1, 0.15) is 25.7 Å². The molecule has 1 saturated heterocycles. The summed E-state index contributed by atoms with van der Waals surface area (Å²) in [5.74, 6) is -1.54. The van der Waals surface area contributed by atoms with E-state index in [0.717, 1.165) is 0 Å². The highest BCUT2D eigenvalue weighted by molar-refractivity contribution is 6.33. The van der Waals surface area contributed by atoms with Crippen molar-refractivity contribution in [2.75, 3.05) is 18.0 Å². The summed E-state index contributed by atoms with van der Waals surface area (Å²) in [6.07, 6.45) is 1.38. The molecule has 2 amide bonds. The van der Waals surface area contributed by atoms with Crippen LogP contribution in [0, 0.1) is 5.92 Å². The average molecular weight is 339 g/mol. The number of nitrogens with one attached hydrogen (secondary N) is 1. The largest absolute Gasteiger partial charge is 0.481 e. The van der Waals surface area contributed by atoms with E-state index in [4.69, 9.17) is 16.7 Å². The van der Waals surface area contributed by atoms with Gasteiger partial charge >= 0.3 is 5.97 Å². The summed E-state index contributed by atoms with van der Waals surface area (Å²) in [6, 6.07) is 7.05. The molecule has 1 aromatic carbocycles. The number of anilines is 1. The molecule has 1 aromatic rings. The number of carboxylic acids is 1. The van der Waals surface area contributed by atoms with Gasteiger partial charge in [-0.3, -0.25) is 14.4 Å². The van der Waals surface area contributed by atoms with Crippen molar-refractivity contribution in [3.05, 3.63) is 29.3 Å². The number of para-hydroxylation sites is 1. The van der Waals surface area contributed by atoms with Gasteiger partial charge in [-0.15, -0.1) is 0 Å². The van der Waals surface area contributed by atoms with Gasteiger partial charge in [0.15, 0.2) is 0 Å². The Kier molecular flexibility index (Phi) is 5.98. The fraction of sp³-hybridized carbons (Fsp3) is 0.438. The summed E-state index contributed by atoms with van der Waals surface area (Å²) >= 11 is 6.10. The average Bonchev–Trinajstić information content (AvgIpc) is 2.89. The zero-order chi connectivity index (χ0) is 16.8. The number of rotatable bonds is 7. The SMILES string of the molecule is O=C(O)CCCCNC(=O)[C@@H]1CC(=O)N(c2ccccc2Cl)C1. The molecule has 0 unspecified atom stereocenters. The van der Waals surface area contributed by atoms with Gasteiger partial charge in [-0.25, -0.2) is 0 Å². The Balaban J connectivity index is 1.84. The molecule has 0 spiro atoms. The lowest BCUT2D eigenvalue weighted by Gasteiger charge is -2.18. The number of carbonyl (C=O) groups excluding carboxylic acids is 2. The third-order valence-electron chi connectivity index (χ3n) is 3.76. The van der Waals surface area contributed by atoms with Crippen LogP contribution in [0.3, 0.4) is 0 Å². The van der Waals surface area contributed by atoms with Gasteiger partial charge in [0.1, 0.15) is 0 Å². The summed E-state index contributed by atoms with van der Waals surface area (Å²) in [5.41, 5.74) is 0.621. The van der Waals surface area contributed by atoms with Crippen LogP contribution in [-0.2, 0) is 14.4 Å². The minimum Gasteiger partial charge on any atom is -0.481 e. The summed E-state index contributed by atoms with van der Waals surface area (Å²) in [4.78, 5) is 36.2. The number of aliphatic carboxylic acids is 1. The minimum atomic E-state index is -0.840. The number of amides is 2. The lowest BCUT2D eigenvalue weighted by Crippen LogP contribution is -2.33. The molecule has 2 N–H and O–H groups in total. The second-order valence-corrected chi connectivity index (χ2v) is 5.91. The first kappa shape index (κ1) is 17.3. The third kappa shape index (κ3) is 4.69. The van der Waals surface area contributed by atoms with Gasteiger partial charge in [0.2, 0.25) is 11.8 Å². The smallest absolute Gasteiger partial charge is 0.303 e. The van der Waals surface area contributed by atoms with Crippen molar-refractivity contribution in [2.24, 2.45) is 5.92 Å². The Labute approximate surface area is 139 Å². The molecule has 0 bridgehead atoms. The Morgan fingerprint density at radius 1 is 1.30 bits per heavy atom. The van der Waals surface area contributed by atoms with Crippen LogP contribution < -0.4 is 10.2 Å². The summed E-state index contributed by atoms with van der Waals surface area (Å²) < 4.78 is 0. The van der Waals surface area contributed by atoms with E-state index < -0.39 is 11.9 Å². The molecule has 0 aliphatic carbocycles. The molecular weight excluding hydrogens is 320 g/mol. The maximum atomic E-state index is 12.1. The molecule has 124 valence electrons. The topological polar surface area (TPSA) is 86.7 Å². The number of halogens is 1. The van der Waals surface area contributed by atoms with Gasteiger partial charge in [0.25, 0.3) is 0 Å². The fourth-order valence-corrected chi connectivity index (χ4v) is 2.78. The molecular formula is C16H19ClN2O4. The molecule has 6 nitrogen and oxygen atoms in total. The summed E-state index contributed by atoms with van der Waals surface area (Å²) in [6.45, 7) is 0.729. The molecule has 1 fully saturated rings. The second-order valence-electron chi connectivity index (χ2n) is 5.50. The first-order valence-corrected chi connectivity index (χ1v) is 7.91. The van der Waals surface area contributed by atoms with Crippen LogP contribution in [0.2, 0.25) is 5.02 Å². The van der Waals surface area contributed by atoms with E-state index in [-0.39, 0.29) is 24.7 Å². The zero-order valence-corrected chi connectivity index (χ0v) is 13.4. The number of carboxylic acid groups (broad SMARTS) is 1. The first-order valence-electron chi connectivity index (χ1n) is 7.53. The summed E-state index contributed by atoms with van der Waals surface area (Å²) in [7, 11) is 0. The number of nitrogens with zero attached hydrogens (tertiary/aromatic N) is 1. The van der Waals surface area contributed by atoms with E-state index in [1.807, 2.05) is 0 Å². The van der Waals surface area contributed by atoms with Crippen LogP contribution in [0.25, 0.3) is 0 Å². The lowest BCUT2D eigenvalue weighted by atomic mass is 10.1. The van der Waals surface area contributed by atoms with E-state index in [9.17, 15) is 14.4 Å². The van der Waals surface area contributed by atoms with E-state index in [1.165, 1.54) is 4.90 Å². The Hall–Kier alpha value is -2.08. The molecule has 7 heteroatoms. The van der Waals surface area contributed by atoms with E-state index in [2.05, 4.69) is 5.32 Å². The second kappa shape index (κ2) is 7.97. The van der Waals surface area contributed by atoms with E-state index in [0.29, 0.717) is 36.6 Å². The van der Waals surface area contributed by atoms with Crippen molar-refractivity contribution in [1.29, 1.82) is 0 Å². The highest BCUT2D eigenvalue weighted by Crippen LogP contribution is 2.30. The van der Waals surface area contributed by atoms with E-state index in [1.54, 1.807) is 24.3 Å². The Morgan fingerprint density at radius 2 is 2.04 bits per heavy atom. The van der Waals surface area contributed by atoms with Gasteiger partial charge in [-0.2, -0.15) is 0 Å². The van der Waals surface area contributed by atoms with Crippen molar-refractivity contribution in [1.82, 2.24) is 5.32 Å². The van der Waals surface area contributed by atoms with Crippen LogP contribution >= 0.6 is 11.6 Å². The molecule has 0 aromatic heterocycles. The molecule has 1 atom stereocenters.